The molecule has 1 atom stereocenters. The minimum atomic E-state index is -0.461. The smallest absolute Gasteiger partial charge is 0.407 e. The van der Waals surface area contributed by atoms with Gasteiger partial charge in [0.2, 0.25) is 0 Å². The lowest BCUT2D eigenvalue weighted by Crippen LogP contribution is -2.36. The van der Waals surface area contributed by atoms with E-state index in [0.717, 1.165) is 18.7 Å². The highest BCUT2D eigenvalue weighted by Crippen LogP contribution is 2.29. The van der Waals surface area contributed by atoms with Gasteiger partial charge in [-0.15, -0.1) is 0 Å². The van der Waals surface area contributed by atoms with E-state index in [1.54, 1.807) is 13.1 Å². The third-order valence-corrected chi connectivity index (χ3v) is 3.46. The molecular formula is C13H18N4O4. The second-order valence-corrected chi connectivity index (χ2v) is 4.81. The van der Waals surface area contributed by atoms with Gasteiger partial charge in [0.1, 0.15) is 0 Å². The van der Waals surface area contributed by atoms with Crippen LogP contribution in [0.15, 0.2) is 18.2 Å². The van der Waals surface area contributed by atoms with Gasteiger partial charge in [-0.2, -0.15) is 0 Å². The summed E-state index contributed by atoms with van der Waals surface area (Å²) in [6, 6.07) is 4.87. The van der Waals surface area contributed by atoms with Crippen molar-refractivity contribution in [3.05, 3.63) is 28.3 Å². The summed E-state index contributed by atoms with van der Waals surface area (Å²) in [6.45, 7) is 1.32. The Morgan fingerprint density at radius 3 is 2.86 bits per heavy atom. The van der Waals surface area contributed by atoms with Crippen molar-refractivity contribution in [2.45, 2.75) is 12.5 Å². The molecule has 21 heavy (non-hydrogen) atoms. The topological polar surface area (TPSA) is 96.7 Å². The zero-order valence-corrected chi connectivity index (χ0v) is 12.0. The third-order valence-electron chi connectivity index (χ3n) is 3.46. The first kappa shape index (κ1) is 14.9. The van der Waals surface area contributed by atoms with Crippen LogP contribution < -0.4 is 15.5 Å². The van der Waals surface area contributed by atoms with Gasteiger partial charge in [-0.3, -0.25) is 10.1 Å². The van der Waals surface area contributed by atoms with Crippen LogP contribution in [0.1, 0.15) is 6.42 Å². The maximum Gasteiger partial charge on any atom is 0.407 e. The number of alkyl carbamates (subject to hydrolysis) is 1. The lowest BCUT2D eigenvalue weighted by molar-refractivity contribution is -0.384. The summed E-state index contributed by atoms with van der Waals surface area (Å²) in [5.41, 5.74) is 1.49. The average molecular weight is 294 g/mol. The van der Waals surface area contributed by atoms with Gasteiger partial charge in [0, 0.05) is 43.6 Å². The lowest BCUT2D eigenvalue weighted by atomic mass is 10.2. The van der Waals surface area contributed by atoms with Gasteiger partial charge in [-0.1, -0.05) is 0 Å². The number of hydrogen-bond acceptors (Lipinski definition) is 6. The number of methoxy groups -OCH3 is 1. The molecule has 1 saturated heterocycles. The van der Waals surface area contributed by atoms with E-state index < -0.39 is 11.0 Å². The highest BCUT2D eigenvalue weighted by Gasteiger charge is 2.25. The molecule has 8 nitrogen and oxygen atoms in total. The number of amides is 1. The highest BCUT2D eigenvalue weighted by molar-refractivity contribution is 5.68. The van der Waals surface area contributed by atoms with Crippen LogP contribution >= 0.6 is 0 Å². The minimum Gasteiger partial charge on any atom is -0.453 e. The van der Waals surface area contributed by atoms with Crippen molar-refractivity contribution in [1.29, 1.82) is 0 Å². The third kappa shape index (κ3) is 3.53. The second-order valence-electron chi connectivity index (χ2n) is 4.81. The van der Waals surface area contributed by atoms with E-state index in [4.69, 9.17) is 0 Å². The van der Waals surface area contributed by atoms with Crippen LogP contribution in [-0.2, 0) is 4.74 Å². The predicted octanol–water partition coefficient (Wildman–Crippen LogP) is 1.57. The van der Waals surface area contributed by atoms with E-state index in [-0.39, 0.29) is 11.7 Å². The number of nitro groups is 1. The number of nitro benzene ring substituents is 1. The molecule has 1 aromatic rings. The van der Waals surface area contributed by atoms with E-state index in [1.165, 1.54) is 13.2 Å². The SMILES string of the molecule is CNc1cc(N2CCC(NC(=O)OC)C2)cc([N+](=O)[O-])c1. The van der Waals surface area contributed by atoms with Crippen LogP contribution in [0, 0.1) is 10.1 Å². The minimum absolute atomic E-state index is 0.0188. The molecule has 0 spiro atoms. The maximum atomic E-state index is 11.2. The van der Waals surface area contributed by atoms with Crippen LogP contribution in [0.2, 0.25) is 0 Å². The van der Waals surface area contributed by atoms with E-state index in [0.29, 0.717) is 12.2 Å². The maximum absolute atomic E-state index is 11.2. The Balaban J connectivity index is 2.13. The van der Waals surface area contributed by atoms with Crippen LogP contribution in [0.3, 0.4) is 0 Å². The van der Waals surface area contributed by atoms with Crippen molar-refractivity contribution >= 4 is 23.2 Å². The van der Waals surface area contributed by atoms with Gasteiger partial charge < -0.3 is 20.3 Å². The zero-order valence-electron chi connectivity index (χ0n) is 12.0. The monoisotopic (exact) mass is 294 g/mol. The van der Waals surface area contributed by atoms with Crippen molar-refractivity contribution in [2.24, 2.45) is 0 Å². The Kier molecular flexibility index (Phi) is 4.46. The summed E-state index contributed by atoms with van der Waals surface area (Å²) in [5, 5.41) is 16.6. The van der Waals surface area contributed by atoms with E-state index in [2.05, 4.69) is 15.4 Å². The first-order valence-corrected chi connectivity index (χ1v) is 6.60. The first-order chi connectivity index (χ1) is 10.0. The summed E-state index contributed by atoms with van der Waals surface area (Å²) in [7, 11) is 3.04. The molecule has 2 N–H and O–H groups in total. The molecule has 0 aliphatic carbocycles. The quantitative estimate of drug-likeness (QED) is 0.646. The zero-order chi connectivity index (χ0) is 15.4. The van der Waals surface area contributed by atoms with E-state index >= 15 is 0 Å². The summed E-state index contributed by atoms with van der Waals surface area (Å²) >= 11 is 0. The van der Waals surface area contributed by atoms with Crippen LogP contribution in [0.5, 0.6) is 0 Å². The number of nitrogens with one attached hydrogen (secondary N) is 2. The Morgan fingerprint density at radius 1 is 1.48 bits per heavy atom. The van der Waals surface area contributed by atoms with Crippen molar-refractivity contribution in [2.75, 3.05) is 37.5 Å². The first-order valence-electron chi connectivity index (χ1n) is 6.60. The number of carbonyl (C=O) groups is 1. The number of benzene rings is 1. The number of hydrogen-bond donors (Lipinski definition) is 2. The van der Waals surface area contributed by atoms with E-state index in [1.807, 2.05) is 11.0 Å². The van der Waals surface area contributed by atoms with Crippen LogP contribution in [0.25, 0.3) is 0 Å². The molecule has 1 aliphatic heterocycles. The van der Waals surface area contributed by atoms with Crippen LogP contribution in [0.4, 0.5) is 21.9 Å². The fourth-order valence-corrected chi connectivity index (χ4v) is 2.37. The molecule has 0 saturated carbocycles. The number of rotatable bonds is 4. The molecule has 0 radical (unpaired) electrons. The van der Waals surface area contributed by atoms with Gasteiger partial charge in [0.05, 0.1) is 18.1 Å². The Hall–Kier alpha value is -2.51. The Morgan fingerprint density at radius 2 is 2.24 bits per heavy atom. The second kappa shape index (κ2) is 6.29. The molecule has 8 heteroatoms. The normalized spacial score (nSPS) is 17.4. The van der Waals surface area contributed by atoms with Gasteiger partial charge in [-0.25, -0.2) is 4.79 Å². The number of anilines is 2. The molecule has 1 fully saturated rings. The largest absolute Gasteiger partial charge is 0.453 e. The fraction of sp³-hybridized carbons (Fsp3) is 0.462. The molecular weight excluding hydrogens is 276 g/mol. The van der Waals surface area contributed by atoms with Crippen molar-refractivity contribution in [3.63, 3.8) is 0 Å². The summed E-state index contributed by atoms with van der Waals surface area (Å²) in [5.74, 6) is 0. The standard InChI is InChI=1S/C13H18N4O4/c1-14-10-5-11(7-12(6-10)17(19)20)16-4-3-9(8-16)15-13(18)21-2/h5-7,9,14H,3-4,8H2,1-2H3,(H,15,18). The van der Waals surface area contributed by atoms with E-state index in [9.17, 15) is 14.9 Å². The van der Waals surface area contributed by atoms with Gasteiger partial charge >= 0.3 is 6.09 Å². The van der Waals surface area contributed by atoms with Gasteiger partial charge in [0.25, 0.3) is 5.69 Å². The number of carbonyl (C=O) groups excluding carboxylic acids is 1. The van der Waals surface area contributed by atoms with Crippen molar-refractivity contribution in [1.82, 2.24) is 5.32 Å². The number of ether oxygens (including phenoxy) is 1. The predicted molar refractivity (Wildman–Crippen MR) is 78.8 cm³/mol. The van der Waals surface area contributed by atoms with Crippen molar-refractivity contribution in [3.8, 4) is 0 Å². The van der Waals surface area contributed by atoms with Gasteiger partial charge in [0.15, 0.2) is 0 Å². The molecule has 0 aromatic heterocycles. The molecule has 1 heterocycles. The summed E-state index contributed by atoms with van der Waals surface area (Å²) in [6.07, 6.45) is 0.309. The molecule has 1 aliphatic rings. The average Bonchev–Trinajstić information content (AvgIpc) is 2.94. The lowest BCUT2D eigenvalue weighted by Gasteiger charge is -2.19. The van der Waals surface area contributed by atoms with Crippen LogP contribution in [-0.4, -0.2) is 44.3 Å². The molecule has 2 rings (SSSR count). The number of nitrogens with zero attached hydrogens (tertiary/aromatic N) is 2. The molecule has 1 unspecified atom stereocenters. The molecule has 114 valence electrons. The molecule has 1 aromatic carbocycles. The summed E-state index contributed by atoms with van der Waals surface area (Å²) in [4.78, 5) is 23.8. The Labute approximate surface area is 122 Å². The number of non-ortho nitro benzene ring substituents is 1. The van der Waals surface area contributed by atoms with Crippen molar-refractivity contribution < 1.29 is 14.5 Å². The molecule has 0 bridgehead atoms. The van der Waals surface area contributed by atoms with Gasteiger partial charge in [-0.05, 0) is 12.5 Å². The Bertz CT molecular complexity index is 549. The molecule has 1 amide bonds. The summed E-state index contributed by atoms with van der Waals surface area (Å²) < 4.78 is 4.57. The fourth-order valence-electron chi connectivity index (χ4n) is 2.37. The highest BCUT2D eigenvalue weighted by atomic mass is 16.6.